The van der Waals surface area contributed by atoms with Crippen LogP contribution < -0.4 is 9.47 Å². The Balaban J connectivity index is 1.93. The van der Waals surface area contributed by atoms with Crippen molar-refractivity contribution >= 4 is 35.3 Å². The van der Waals surface area contributed by atoms with E-state index in [9.17, 15) is 9.59 Å². The van der Waals surface area contributed by atoms with Crippen molar-refractivity contribution in [3.05, 3.63) is 94.5 Å². The van der Waals surface area contributed by atoms with Crippen LogP contribution in [-0.2, 0) is 10.4 Å². The summed E-state index contributed by atoms with van der Waals surface area (Å²) >= 11 is 11.9. The molecular weight excluding hydrogens is 435 g/mol. The number of benzene rings is 3. The van der Waals surface area contributed by atoms with Gasteiger partial charge in [0.2, 0.25) is 11.4 Å². The molecule has 0 spiro atoms. The first-order valence-electron chi connectivity index (χ1n) is 9.92. The molecule has 0 saturated heterocycles. The van der Waals surface area contributed by atoms with Gasteiger partial charge >= 0.3 is 0 Å². The minimum atomic E-state index is -1.43. The Labute approximate surface area is 190 Å². The number of hydrogen-bond donors (Lipinski definition) is 0. The van der Waals surface area contributed by atoms with Crippen molar-refractivity contribution in [1.29, 1.82) is 0 Å². The van der Waals surface area contributed by atoms with Gasteiger partial charge in [-0.3, -0.25) is 4.79 Å². The van der Waals surface area contributed by atoms with Crippen LogP contribution in [0.1, 0.15) is 33.8 Å². The Morgan fingerprint density at radius 1 is 1.00 bits per heavy atom. The van der Waals surface area contributed by atoms with E-state index in [-0.39, 0.29) is 18.8 Å². The van der Waals surface area contributed by atoms with Crippen molar-refractivity contribution in [3.8, 4) is 11.5 Å². The summed E-state index contributed by atoms with van der Waals surface area (Å²) in [6, 6.07) is 21.6. The van der Waals surface area contributed by atoms with E-state index < -0.39 is 11.5 Å². The molecule has 1 aliphatic rings. The van der Waals surface area contributed by atoms with Gasteiger partial charge in [-0.15, -0.1) is 11.6 Å². The lowest BCUT2D eigenvalue weighted by Gasteiger charge is -2.35. The van der Waals surface area contributed by atoms with Gasteiger partial charge in [-0.05, 0) is 29.8 Å². The second kappa shape index (κ2) is 9.13. The van der Waals surface area contributed by atoms with Crippen LogP contribution in [0.15, 0.2) is 72.8 Å². The van der Waals surface area contributed by atoms with Gasteiger partial charge in [0, 0.05) is 22.9 Å². The number of halogens is 2. The fourth-order valence-electron chi connectivity index (χ4n) is 4.13. The van der Waals surface area contributed by atoms with E-state index in [2.05, 4.69) is 0 Å². The van der Waals surface area contributed by atoms with Crippen molar-refractivity contribution in [2.75, 3.05) is 12.5 Å². The van der Waals surface area contributed by atoms with Gasteiger partial charge in [0.25, 0.3) is 0 Å². The molecule has 0 aliphatic carbocycles. The van der Waals surface area contributed by atoms with E-state index >= 15 is 0 Å². The number of ketones is 1. The average molecular weight is 455 g/mol. The molecule has 2 unspecified atom stereocenters. The summed E-state index contributed by atoms with van der Waals surface area (Å²) in [5.74, 6) is 0.313. The van der Waals surface area contributed by atoms with Crippen molar-refractivity contribution in [2.24, 2.45) is 0 Å². The van der Waals surface area contributed by atoms with E-state index in [4.69, 9.17) is 32.7 Å². The average Bonchev–Trinajstić information content (AvgIpc) is 3.10. The smallest absolute Gasteiger partial charge is 0.219 e. The first kappa shape index (κ1) is 21.4. The molecule has 3 aromatic carbocycles. The van der Waals surface area contributed by atoms with Crippen molar-refractivity contribution in [3.63, 3.8) is 0 Å². The molecule has 0 N–H and O–H groups in total. The molecule has 2 atom stereocenters. The zero-order valence-corrected chi connectivity index (χ0v) is 18.1. The highest BCUT2D eigenvalue weighted by Crippen LogP contribution is 2.52. The van der Waals surface area contributed by atoms with Gasteiger partial charge in [0.15, 0.2) is 0 Å². The zero-order valence-electron chi connectivity index (χ0n) is 16.6. The number of aldehydes is 1. The predicted molar refractivity (Wildman–Crippen MR) is 121 cm³/mol. The number of Topliss-reactive ketones (excluding diaryl/α,β-unsaturated/α-hetero) is 1. The van der Waals surface area contributed by atoms with Crippen molar-refractivity contribution in [2.45, 2.75) is 17.9 Å². The van der Waals surface area contributed by atoms with Gasteiger partial charge < -0.3 is 14.3 Å². The van der Waals surface area contributed by atoms with Crippen LogP contribution in [0.25, 0.3) is 0 Å². The monoisotopic (exact) mass is 454 g/mol. The molecule has 6 heteroatoms. The topological polar surface area (TPSA) is 52.6 Å². The molecule has 4 rings (SSSR count). The predicted octanol–water partition coefficient (Wildman–Crippen LogP) is 5.80. The second-order valence-corrected chi connectivity index (χ2v) is 8.02. The van der Waals surface area contributed by atoms with E-state index in [1.807, 2.05) is 30.3 Å². The molecule has 4 nitrogen and oxygen atoms in total. The third-order valence-corrected chi connectivity index (χ3v) is 5.86. The first-order chi connectivity index (χ1) is 15.1. The molecule has 3 aromatic rings. The standard InChI is InChI=1S/C25H20Cl2O4/c26-14-16-30-21-7-4-8-22-23(21)24(29)25(31-22,18-9-11-19(27)12-10-18)20(13-15-28)17-5-2-1-3-6-17/h1-12,15,20H,13-14,16H2. The van der Waals surface area contributed by atoms with Crippen LogP contribution in [-0.4, -0.2) is 24.6 Å². The number of alkyl halides is 1. The summed E-state index contributed by atoms with van der Waals surface area (Å²) < 4.78 is 12.2. The summed E-state index contributed by atoms with van der Waals surface area (Å²) in [7, 11) is 0. The maximum Gasteiger partial charge on any atom is 0.219 e. The Kier molecular flexibility index (Phi) is 6.30. The Bertz CT molecular complexity index is 1080. The summed E-state index contributed by atoms with van der Waals surface area (Å²) in [6.45, 7) is 0.260. The third kappa shape index (κ3) is 3.82. The number of rotatable bonds is 8. The maximum absolute atomic E-state index is 14.1. The largest absolute Gasteiger partial charge is 0.491 e. The summed E-state index contributed by atoms with van der Waals surface area (Å²) in [5.41, 5.74) is 0.371. The molecule has 158 valence electrons. The van der Waals surface area contributed by atoms with Crippen molar-refractivity contribution in [1.82, 2.24) is 0 Å². The highest BCUT2D eigenvalue weighted by Gasteiger charge is 2.56. The third-order valence-electron chi connectivity index (χ3n) is 5.46. The molecule has 0 radical (unpaired) electrons. The maximum atomic E-state index is 14.1. The van der Waals surface area contributed by atoms with Crippen LogP contribution in [0, 0.1) is 0 Å². The van der Waals surface area contributed by atoms with Crippen LogP contribution in [0.4, 0.5) is 0 Å². The molecule has 0 fully saturated rings. The van der Waals surface area contributed by atoms with Crippen LogP contribution in [0.3, 0.4) is 0 Å². The Morgan fingerprint density at radius 2 is 1.74 bits per heavy atom. The molecule has 0 bridgehead atoms. The number of hydrogen-bond acceptors (Lipinski definition) is 4. The van der Waals surface area contributed by atoms with Crippen LogP contribution in [0.2, 0.25) is 5.02 Å². The first-order valence-corrected chi connectivity index (χ1v) is 10.8. The molecule has 0 saturated carbocycles. The number of fused-ring (bicyclic) bond motifs is 1. The SMILES string of the molecule is O=CCC(c1ccccc1)C1(c2ccc(Cl)cc2)Oc2cccc(OCCCl)c2C1=O. The lowest BCUT2D eigenvalue weighted by molar-refractivity contribution is -0.109. The molecule has 1 aliphatic heterocycles. The molecule has 0 amide bonds. The minimum Gasteiger partial charge on any atom is -0.491 e. The fraction of sp³-hybridized carbons (Fsp3) is 0.200. The van der Waals surface area contributed by atoms with Gasteiger partial charge in [0.1, 0.15) is 30.0 Å². The van der Waals surface area contributed by atoms with Crippen LogP contribution >= 0.6 is 23.2 Å². The summed E-state index contributed by atoms with van der Waals surface area (Å²) in [5, 5.41) is 0.541. The number of ether oxygens (including phenoxy) is 2. The molecule has 31 heavy (non-hydrogen) atoms. The molecule has 0 aromatic heterocycles. The quantitative estimate of drug-likeness (QED) is 0.318. The second-order valence-electron chi connectivity index (χ2n) is 7.21. The lowest BCUT2D eigenvalue weighted by Crippen LogP contribution is -2.43. The molecular formula is C25H20Cl2O4. The Hall–Kier alpha value is -2.82. The Morgan fingerprint density at radius 3 is 2.42 bits per heavy atom. The number of carbonyl (C=O) groups excluding carboxylic acids is 2. The van der Waals surface area contributed by atoms with E-state index in [1.165, 1.54) is 0 Å². The van der Waals surface area contributed by atoms with E-state index in [0.29, 0.717) is 33.5 Å². The van der Waals surface area contributed by atoms with Crippen molar-refractivity contribution < 1.29 is 19.1 Å². The molecule has 1 heterocycles. The minimum absolute atomic E-state index is 0.101. The van der Waals surface area contributed by atoms with Gasteiger partial charge in [0.05, 0.1) is 5.88 Å². The zero-order chi connectivity index (χ0) is 21.8. The highest BCUT2D eigenvalue weighted by molar-refractivity contribution is 6.30. The van der Waals surface area contributed by atoms with Gasteiger partial charge in [-0.1, -0.05) is 60.1 Å². The van der Waals surface area contributed by atoms with Crippen LogP contribution in [0.5, 0.6) is 11.5 Å². The summed E-state index contributed by atoms with van der Waals surface area (Å²) in [4.78, 5) is 25.8. The van der Waals surface area contributed by atoms with E-state index in [1.54, 1.807) is 42.5 Å². The van der Waals surface area contributed by atoms with Gasteiger partial charge in [-0.2, -0.15) is 0 Å². The summed E-state index contributed by atoms with van der Waals surface area (Å²) in [6.07, 6.45) is 0.921. The normalized spacial score (nSPS) is 18.2. The number of carbonyl (C=O) groups is 2. The van der Waals surface area contributed by atoms with E-state index in [0.717, 1.165) is 11.8 Å². The van der Waals surface area contributed by atoms with Gasteiger partial charge in [-0.25, -0.2) is 0 Å². The highest BCUT2D eigenvalue weighted by atomic mass is 35.5. The fourth-order valence-corrected chi connectivity index (χ4v) is 4.33. The lowest BCUT2D eigenvalue weighted by atomic mass is 9.72.